The largest absolute Gasteiger partial charge is 0.445 e. The van der Waals surface area contributed by atoms with E-state index in [1.165, 1.54) is 6.08 Å². The first kappa shape index (κ1) is 27.7. The molecule has 10 nitrogen and oxygen atoms in total. The van der Waals surface area contributed by atoms with Crippen LogP contribution in [0.5, 0.6) is 0 Å². The molecule has 10 heteroatoms. The van der Waals surface area contributed by atoms with Gasteiger partial charge in [-0.1, -0.05) is 49.1 Å². The van der Waals surface area contributed by atoms with Crippen molar-refractivity contribution in [2.45, 2.75) is 31.5 Å². The Labute approximate surface area is 234 Å². The molecule has 0 unspecified atom stereocenters. The SMILES string of the molecule is C=CCOC(=O)Nc1ccc([C@@H]2O[C@H](CN3CCN(c4ncccn4)CC3)C[C@H](c3ccc(CO)cc3)O2)cc1. The number of carbonyl (C=O) groups is 1. The van der Waals surface area contributed by atoms with E-state index in [0.717, 1.165) is 55.4 Å². The molecule has 3 heterocycles. The van der Waals surface area contributed by atoms with Gasteiger partial charge in [-0.2, -0.15) is 0 Å². The average Bonchev–Trinajstić information content (AvgIpc) is 3.01. The number of hydrogen-bond donors (Lipinski definition) is 2. The van der Waals surface area contributed by atoms with E-state index in [1.54, 1.807) is 24.5 Å². The molecular formula is C30H35N5O5. The predicted octanol–water partition coefficient (Wildman–Crippen LogP) is 4.07. The Bertz CT molecular complexity index is 1230. The first-order chi connectivity index (χ1) is 19.6. The molecule has 3 atom stereocenters. The maximum Gasteiger partial charge on any atom is 0.411 e. The number of anilines is 2. The van der Waals surface area contributed by atoms with Crippen LogP contribution in [0.25, 0.3) is 0 Å². The van der Waals surface area contributed by atoms with Gasteiger partial charge in [0.05, 0.1) is 18.8 Å². The van der Waals surface area contributed by atoms with Gasteiger partial charge >= 0.3 is 6.09 Å². The molecule has 40 heavy (non-hydrogen) atoms. The van der Waals surface area contributed by atoms with Crippen LogP contribution in [0.1, 0.15) is 35.5 Å². The second-order valence-electron chi connectivity index (χ2n) is 9.82. The number of piperazine rings is 1. The van der Waals surface area contributed by atoms with Crippen molar-refractivity contribution in [3.8, 4) is 0 Å². The molecule has 2 fully saturated rings. The lowest BCUT2D eigenvalue weighted by Gasteiger charge is -2.40. The van der Waals surface area contributed by atoms with Crippen molar-refractivity contribution in [3.05, 3.63) is 96.3 Å². The Balaban J connectivity index is 1.26. The Kier molecular flexibility index (Phi) is 9.35. The number of ether oxygens (including phenoxy) is 3. The highest BCUT2D eigenvalue weighted by atomic mass is 16.7. The van der Waals surface area contributed by atoms with Gasteiger partial charge in [0, 0.05) is 62.8 Å². The summed E-state index contributed by atoms with van der Waals surface area (Å²) in [6.07, 6.45) is 4.46. The number of carbonyl (C=O) groups excluding carboxylic acids is 1. The molecule has 2 aromatic carbocycles. The topological polar surface area (TPSA) is 109 Å². The van der Waals surface area contributed by atoms with Gasteiger partial charge in [0.15, 0.2) is 6.29 Å². The summed E-state index contributed by atoms with van der Waals surface area (Å²) in [6, 6.07) is 17.1. The van der Waals surface area contributed by atoms with Gasteiger partial charge < -0.3 is 24.2 Å². The van der Waals surface area contributed by atoms with Gasteiger partial charge in [0.1, 0.15) is 6.61 Å². The fraction of sp³-hybridized carbons (Fsp3) is 0.367. The lowest BCUT2D eigenvalue weighted by atomic mass is 9.99. The summed E-state index contributed by atoms with van der Waals surface area (Å²) in [7, 11) is 0. The first-order valence-corrected chi connectivity index (χ1v) is 13.5. The highest BCUT2D eigenvalue weighted by molar-refractivity contribution is 5.84. The van der Waals surface area contributed by atoms with Crippen LogP contribution in [0.2, 0.25) is 0 Å². The molecule has 0 spiro atoms. The lowest BCUT2D eigenvalue weighted by molar-refractivity contribution is -0.253. The Morgan fingerprint density at radius 1 is 1.02 bits per heavy atom. The van der Waals surface area contributed by atoms with Gasteiger partial charge in [-0.15, -0.1) is 0 Å². The second kappa shape index (κ2) is 13.5. The third-order valence-electron chi connectivity index (χ3n) is 7.05. The van der Waals surface area contributed by atoms with E-state index >= 15 is 0 Å². The lowest BCUT2D eigenvalue weighted by Crippen LogP contribution is -2.50. The number of amides is 1. The number of aromatic nitrogens is 2. The number of aliphatic hydroxyl groups excluding tert-OH is 1. The van der Waals surface area contributed by atoms with Crippen molar-refractivity contribution < 1.29 is 24.1 Å². The van der Waals surface area contributed by atoms with Crippen LogP contribution >= 0.6 is 0 Å². The van der Waals surface area contributed by atoms with Crippen molar-refractivity contribution >= 4 is 17.7 Å². The normalized spacial score (nSPS) is 21.5. The summed E-state index contributed by atoms with van der Waals surface area (Å²) in [4.78, 5) is 25.3. The zero-order valence-corrected chi connectivity index (χ0v) is 22.4. The van der Waals surface area contributed by atoms with Crippen LogP contribution in [0, 0.1) is 0 Å². The average molecular weight is 546 g/mol. The quantitative estimate of drug-likeness (QED) is 0.385. The van der Waals surface area contributed by atoms with E-state index < -0.39 is 12.4 Å². The van der Waals surface area contributed by atoms with Crippen molar-refractivity contribution in [1.29, 1.82) is 0 Å². The third kappa shape index (κ3) is 7.22. The molecule has 210 valence electrons. The van der Waals surface area contributed by atoms with Crippen LogP contribution < -0.4 is 10.2 Å². The molecular weight excluding hydrogens is 510 g/mol. The van der Waals surface area contributed by atoms with Crippen molar-refractivity contribution in [2.24, 2.45) is 0 Å². The molecule has 0 radical (unpaired) electrons. The summed E-state index contributed by atoms with van der Waals surface area (Å²) in [5, 5.41) is 12.2. The Hall–Kier alpha value is -3.83. The molecule has 2 saturated heterocycles. The van der Waals surface area contributed by atoms with Crippen LogP contribution in [0.4, 0.5) is 16.4 Å². The standard InChI is InChI=1S/C30H35N5O5/c1-2-18-38-30(37)33-25-10-8-24(9-11-25)28-39-26(19-27(40-28)23-6-4-22(21-36)5-7-23)20-34-14-16-35(17-15-34)29-31-12-3-13-32-29/h2-13,26-28,36H,1,14-21H2,(H,33,37)/t26-,27+,28+/m0/s1. The number of hydrogen-bond acceptors (Lipinski definition) is 9. The van der Waals surface area contributed by atoms with E-state index in [0.29, 0.717) is 12.1 Å². The smallest absolute Gasteiger partial charge is 0.411 e. The van der Waals surface area contributed by atoms with Crippen LogP contribution in [-0.4, -0.2) is 71.5 Å². The fourth-order valence-electron chi connectivity index (χ4n) is 4.92. The summed E-state index contributed by atoms with van der Waals surface area (Å²) in [5.74, 6) is 0.767. The van der Waals surface area contributed by atoms with Crippen LogP contribution in [0.15, 0.2) is 79.6 Å². The van der Waals surface area contributed by atoms with Crippen LogP contribution in [0.3, 0.4) is 0 Å². The first-order valence-electron chi connectivity index (χ1n) is 13.5. The molecule has 0 saturated carbocycles. The predicted molar refractivity (Wildman–Crippen MR) is 151 cm³/mol. The number of nitrogens with one attached hydrogen (secondary N) is 1. The molecule has 0 aliphatic carbocycles. The maximum absolute atomic E-state index is 11.9. The minimum atomic E-state index is -0.568. The summed E-state index contributed by atoms with van der Waals surface area (Å²) in [5.41, 5.74) is 3.38. The molecule has 2 aliphatic heterocycles. The number of benzene rings is 2. The Morgan fingerprint density at radius 3 is 2.40 bits per heavy atom. The summed E-state index contributed by atoms with van der Waals surface area (Å²) in [6.45, 7) is 7.96. The molecule has 2 N–H and O–H groups in total. The minimum absolute atomic E-state index is 0.00167. The van der Waals surface area contributed by atoms with Gasteiger partial charge in [0.2, 0.25) is 5.95 Å². The fourth-order valence-corrected chi connectivity index (χ4v) is 4.92. The van der Waals surface area contributed by atoms with Crippen molar-refractivity contribution in [2.75, 3.05) is 49.5 Å². The molecule has 3 aromatic rings. The highest BCUT2D eigenvalue weighted by Crippen LogP contribution is 2.38. The zero-order chi connectivity index (χ0) is 27.7. The molecule has 1 aromatic heterocycles. The van der Waals surface area contributed by atoms with E-state index in [-0.39, 0.29) is 25.4 Å². The summed E-state index contributed by atoms with van der Waals surface area (Å²) < 4.78 is 17.9. The number of rotatable bonds is 9. The molecule has 0 bridgehead atoms. The van der Waals surface area contributed by atoms with Gasteiger partial charge in [-0.25, -0.2) is 14.8 Å². The molecule has 1 amide bonds. The monoisotopic (exact) mass is 545 g/mol. The van der Waals surface area contributed by atoms with Crippen molar-refractivity contribution in [1.82, 2.24) is 14.9 Å². The van der Waals surface area contributed by atoms with Crippen LogP contribution in [-0.2, 0) is 20.8 Å². The van der Waals surface area contributed by atoms with E-state index in [2.05, 4.69) is 31.7 Å². The minimum Gasteiger partial charge on any atom is -0.445 e. The summed E-state index contributed by atoms with van der Waals surface area (Å²) >= 11 is 0. The maximum atomic E-state index is 11.9. The van der Waals surface area contributed by atoms with Crippen molar-refractivity contribution in [3.63, 3.8) is 0 Å². The van der Waals surface area contributed by atoms with E-state index in [1.807, 2.05) is 42.5 Å². The number of nitrogens with zero attached hydrogens (tertiary/aromatic N) is 4. The van der Waals surface area contributed by atoms with E-state index in [4.69, 9.17) is 14.2 Å². The molecule has 2 aliphatic rings. The van der Waals surface area contributed by atoms with Gasteiger partial charge in [-0.05, 0) is 29.3 Å². The second-order valence-corrected chi connectivity index (χ2v) is 9.82. The number of aliphatic hydroxyl groups is 1. The highest BCUT2D eigenvalue weighted by Gasteiger charge is 2.34. The van der Waals surface area contributed by atoms with Gasteiger partial charge in [-0.3, -0.25) is 10.2 Å². The van der Waals surface area contributed by atoms with Gasteiger partial charge in [0.25, 0.3) is 0 Å². The Morgan fingerprint density at radius 2 is 1.73 bits per heavy atom. The molecule has 5 rings (SSSR count). The third-order valence-corrected chi connectivity index (χ3v) is 7.05. The van der Waals surface area contributed by atoms with E-state index in [9.17, 15) is 9.90 Å². The zero-order valence-electron chi connectivity index (χ0n) is 22.4.